The van der Waals surface area contributed by atoms with Crippen molar-refractivity contribution in [3.63, 3.8) is 0 Å². The Hall–Kier alpha value is -2.04. The van der Waals surface area contributed by atoms with Crippen LogP contribution in [0.1, 0.15) is 33.3 Å². The third-order valence-electron chi connectivity index (χ3n) is 4.83. The van der Waals surface area contributed by atoms with Gasteiger partial charge in [-0.1, -0.05) is 32.0 Å². The summed E-state index contributed by atoms with van der Waals surface area (Å²) in [6.45, 7) is 7.94. The summed E-state index contributed by atoms with van der Waals surface area (Å²) >= 11 is 0. The highest BCUT2D eigenvalue weighted by atomic mass is 16.2. The van der Waals surface area contributed by atoms with Crippen molar-refractivity contribution in [3.05, 3.63) is 29.8 Å². The number of carbonyl (C=O) groups is 2. The molecule has 2 amide bonds. The SMILES string of the molecule is CC(=O)NN1C(=O)CN2c3ccccc3C(C)(C)C12C. The standard InChI is InChI=1S/C15H19N3O2/c1-10(19)16-18-13(20)9-17-12-8-6-5-7-11(12)14(2,3)15(17,18)4/h5-8H,9H2,1-4H3,(H,16,19). The smallest absolute Gasteiger partial charge is 0.262 e. The van der Waals surface area contributed by atoms with Crippen LogP contribution in [0.4, 0.5) is 5.69 Å². The van der Waals surface area contributed by atoms with E-state index >= 15 is 0 Å². The van der Waals surface area contributed by atoms with E-state index < -0.39 is 5.66 Å². The molecule has 0 aromatic heterocycles. The minimum atomic E-state index is -0.584. The Balaban J connectivity index is 2.17. The number of hydrogen-bond donors (Lipinski definition) is 1. The third kappa shape index (κ3) is 1.32. The Labute approximate surface area is 118 Å². The number of carbonyl (C=O) groups excluding carboxylic acids is 2. The van der Waals surface area contributed by atoms with Crippen LogP contribution in [0, 0.1) is 0 Å². The molecule has 5 nitrogen and oxygen atoms in total. The van der Waals surface area contributed by atoms with Crippen LogP contribution in [0.5, 0.6) is 0 Å². The number of hydrazine groups is 1. The summed E-state index contributed by atoms with van der Waals surface area (Å²) in [5.74, 6) is -0.307. The number of fused-ring (bicyclic) bond motifs is 3. The van der Waals surface area contributed by atoms with E-state index in [1.807, 2.05) is 25.1 Å². The van der Waals surface area contributed by atoms with Crippen molar-refractivity contribution in [1.82, 2.24) is 10.4 Å². The van der Waals surface area contributed by atoms with E-state index in [4.69, 9.17) is 0 Å². The maximum absolute atomic E-state index is 12.3. The van der Waals surface area contributed by atoms with Crippen LogP contribution in [-0.2, 0) is 15.0 Å². The molecule has 0 saturated carbocycles. The van der Waals surface area contributed by atoms with Gasteiger partial charge < -0.3 is 4.90 Å². The Bertz CT molecular complexity index is 611. The van der Waals surface area contributed by atoms with Gasteiger partial charge in [-0.05, 0) is 18.6 Å². The fourth-order valence-electron chi connectivity index (χ4n) is 3.48. The summed E-state index contributed by atoms with van der Waals surface area (Å²) < 4.78 is 0. The topological polar surface area (TPSA) is 52.7 Å². The van der Waals surface area contributed by atoms with E-state index in [0.717, 1.165) is 5.69 Å². The van der Waals surface area contributed by atoms with E-state index in [9.17, 15) is 9.59 Å². The van der Waals surface area contributed by atoms with Crippen LogP contribution in [-0.4, -0.2) is 29.0 Å². The monoisotopic (exact) mass is 273 g/mol. The van der Waals surface area contributed by atoms with Gasteiger partial charge in [0.2, 0.25) is 5.91 Å². The molecule has 0 spiro atoms. The van der Waals surface area contributed by atoms with Gasteiger partial charge in [-0.2, -0.15) is 0 Å². The van der Waals surface area contributed by atoms with E-state index in [0.29, 0.717) is 0 Å². The van der Waals surface area contributed by atoms with Crippen molar-refractivity contribution < 1.29 is 9.59 Å². The molecule has 2 aliphatic rings. The molecule has 1 aromatic carbocycles. The molecule has 1 saturated heterocycles. The highest BCUT2D eigenvalue weighted by Crippen LogP contribution is 2.54. The first-order valence-electron chi connectivity index (χ1n) is 6.77. The zero-order valence-electron chi connectivity index (χ0n) is 12.2. The average molecular weight is 273 g/mol. The third-order valence-corrected chi connectivity index (χ3v) is 4.83. The second kappa shape index (κ2) is 3.75. The summed E-state index contributed by atoms with van der Waals surface area (Å²) in [6.07, 6.45) is 0. The molecule has 5 heteroatoms. The molecule has 1 aromatic rings. The first-order valence-corrected chi connectivity index (χ1v) is 6.77. The lowest BCUT2D eigenvalue weighted by atomic mass is 9.76. The van der Waals surface area contributed by atoms with Gasteiger partial charge >= 0.3 is 0 Å². The quantitative estimate of drug-likeness (QED) is 0.841. The number of nitrogens with zero attached hydrogens (tertiary/aromatic N) is 2. The molecule has 3 rings (SSSR count). The number of nitrogens with one attached hydrogen (secondary N) is 1. The zero-order valence-corrected chi connectivity index (χ0v) is 12.2. The number of hydrogen-bond acceptors (Lipinski definition) is 3. The van der Waals surface area contributed by atoms with Crippen LogP contribution >= 0.6 is 0 Å². The van der Waals surface area contributed by atoms with E-state index in [2.05, 4.69) is 30.2 Å². The van der Waals surface area contributed by atoms with Crippen molar-refractivity contribution in [2.24, 2.45) is 0 Å². The van der Waals surface area contributed by atoms with Gasteiger partial charge in [-0.3, -0.25) is 15.0 Å². The van der Waals surface area contributed by atoms with Crippen LogP contribution in [0.2, 0.25) is 0 Å². The fourth-order valence-corrected chi connectivity index (χ4v) is 3.48. The predicted octanol–water partition coefficient (Wildman–Crippen LogP) is 1.39. The Morgan fingerprint density at radius 3 is 2.55 bits per heavy atom. The van der Waals surface area contributed by atoms with Crippen molar-refractivity contribution in [2.75, 3.05) is 11.4 Å². The maximum atomic E-state index is 12.3. The summed E-state index contributed by atoms with van der Waals surface area (Å²) in [7, 11) is 0. The molecule has 1 atom stereocenters. The fraction of sp³-hybridized carbons (Fsp3) is 0.467. The summed E-state index contributed by atoms with van der Waals surface area (Å²) in [6, 6.07) is 8.12. The summed E-state index contributed by atoms with van der Waals surface area (Å²) in [5, 5.41) is 1.50. The molecule has 1 N–H and O–H groups in total. The first kappa shape index (κ1) is 13.0. The summed E-state index contributed by atoms with van der Waals surface area (Å²) in [4.78, 5) is 25.8. The normalized spacial score (nSPS) is 26.5. The van der Waals surface area contributed by atoms with Gasteiger partial charge in [0.25, 0.3) is 5.91 Å². The van der Waals surface area contributed by atoms with Crippen molar-refractivity contribution >= 4 is 17.5 Å². The Morgan fingerprint density at radius 1 is 1.25 bits per heavy atom. The van der Waals surface area contributed by atoms with Crippen LogP contribution in [0.15, 0.2) is 24.3 Å². The van der Waals surface area contributed by atoms with Gasteiger partial charge in [0.15, 0.2) is 0 Å². The highest BCUT2D eigenvalue weighted by molar-refractivity contribution is 5.91. The van der Waals surface area contributed by atoms with Crippen LogP contribution in [0.25, 0.3) is 0 Å². The van der Waals surface area contributed by atoms with Crippen LogP contribution in [0.3, 0.4) is 0 Å². The number of para-hydroxylation sites is 1. The molecular formula is C15H19N3O2. The van der Waals surface area contributed by atoms with Gasteiger partial charge in [-0.25, -0.2) is 5.01 Å². The second-order valence-electron chi connectivity index (χ2n) is 6.15. The average Bonchev–Trinajstić information content (AvgIpc) is 2.72. The second-order valence-corrected chi connectivity index (χ2v) is 6.15. The van der Waals surface area contributed by atoms with E-state index in [1.165, 1.54) is 17.5 Å². The van der Waals surface area contributed by atoms with E-state index in [1.54, 1.807) is 0 Å². The minimum absolute atomic E-state index is 0.0784. The molecule has 2 heterocycles. The molecule has 20 heavy (non-hydrogen) atoms. The Morgan fingerprint density at radius 2 is 1.90 bits per heavy atom. The zero-order chi connectivity index (χ0) is 14.7. The van der Waals surface area contributed by atoms with Crippen molar-refractivity contribution in [3.8, 4) is 0 Å². The lowest BCUT2D eigenvalue weighted by molar-refractivity contribution is -0.143. The van der Waals surface area contributed by atoms with E-state index in [-0.39, 0.29) is 23.8 Å². The van der Waals surface area contributed by atoms with Gasteiger partial charge in [0.1, 0.15) is 12.2 Å². The number of benzene rings is 1. The predicted molar refractivity (Wildman–Crippen MR) is 75.9 cm³/mol. The van der Waals surface area contributed by atoms with Crippen LogP contribution < -0.4 is 10.3 Å². The molecule has 1 unspecified atom stereocenters. The number of anilines is 1. The summed E-state index contributed by atoms with van der Waals surface area (Å²) in [5.41, 5.74) is 4.10. The van der Waals surface area contributed by atoms with Crippen molar-refractivity contribution in [1.29, 1.82) is 0 Å². The lowest BCUT2D eigenvalue weighted by Gasteiger charge is -2.45. The molecule has 0 aliphatic carbocycles. The molecule has 106 valence electrons. The molecule has 0 radical (unpaired) electrons. The van der Waals surface area contributed by atoms with Gasteiger partial charge in [0.05, 0.1) is 0 Å². The Kier molecular flexibility index (Phi) is 2.43. The maximum Gasteiger partial charge on any atom is 0.262 e. The van der Waals surface area contributed by atoms with Gasteiger partial charge in [-0.15, -0.1) is 0 Å². The number of amides is 2. The first-order chi connectivity index (χ1) is 9.30. The molecule has 0 bridgehead atoms. The minimum Gasteiger partial charge on any atom is -0.337 e. The van der Waals surface area contributed by atoms with Crippen molar-refractivity contribution in [2.45, 2.75) is 38.8 Å². The molecule has 2 aliphatic heterocycles. The molecular weight excluding hydrogens is 254 g/mol. The largest absolute Gasteiger partial charge is 0.337 e. The molecule has 1 fully saturated rings. The highest BCUT2D eigenvalue weighted by Gasteiger charge is 2.63. The van der Waals surface area contributed by atoms with Gasteiger partial charge in [0, 0.05) is 18.0 Å². The lowest BCUT2D eigenvalue weighted by Crippen LogP contribution is -2.64. The number of rotatable bonds is 1.